The number of methoxy groups -OCH3 is 1. The second-order valence-electron chi connectivity index (χ2n) is 4.70. The van der Waals surface area contributed by atoms with Gasteiger partial charge in [-0.25, -0.2) is 0 Å². The monoisotopic (exact) mass is 244 g/mol. The average Bonchev–Trinajstić information content (AvgIpc) is 3.01. The normalized spacial score (nSPS) is 16.9. The highest BCUT2D eigenvalue weighted by molar-refractivity contribution is 7.80. The Morgan fingerprint density at radius 1 is 1.56 bits per heavy atom. The molecule has 0 saturated heterocycles. The quantitative estimate of drug-likeness (QED) is 0.693. The van der Waals surface area contributed by atoms with Crippen molar-refractivity contribution in [1.82, 2.24) is 10.2 Å². The number of nitrogens with zero attached hydrogens (tertiary/aromatic N) is 1. The van der Waals surface area contributed by atoms with Gasteiger partial charge in [-0.3, -0.25) is 0 Å². The van der Waals surface area contributed by atoms with Gasteiger partial charge in [-0.1, -0.05) is 6.92 Å². The van der Waals surface area contributed by atoms with Crippen LogP contribution in [0.15, 0.2) is 0 Å². The van der Waals surface area contributed by atoms with E-state index in [0.29, 0.717) is 6.61 Å². The molecule has 3 nitrogen and oxygen atoms in total. The summed E-state index contributed by atoms with van der Waals surface area (Å²) in [5.74, 6) is 0.879. The first-order valence-corrected chi connectivity index (χ1v) is 6.62. The molecular weight excluding hydrogens is 220 g/mol. The lowest BCUT2D eigenvalue weighted by Crippen LogP contribution is -2.46. The fraction of sp³-hybridized carbons (Fsp3) is 0.917. The predicted octanol–water partition coefficient (Wildman–Crippen LogP) is 2.02. The maximum atomic E-state index is 5.44. The predicted molar refractivity (Wildman–Crippen MR) is 71.7 cm³/mol. The van der Waals surface area contributed by atoms with E-state index >= 15 is 0 Å². The SMILES string of the molecule is CCCN(CC1CC1)C(=S)NC(C)COC. The number of rotatable bonds is 7. The highest BCUT2D eigenvalue weighted by Crippen LogP contribution is 2.29. The van der Waals surface area contributed by atoms with E-state index in [1.165, 1.54) is 12.8 Å². The third-order valence-corrected chi connectivity index (χ3v) is 3.12. The van der Waals surface area contributed by atoms with Crippen molar-refractivity contribution in [3.63, 3.8) is 0 Å². The zero-order valence-corrected chi connectivity index (χ0v) is 11.5. The Labute approximate surface area is 105 Å². The van der Waals surface area contributed by atoms with E-state index in [-0.39, 0.29) is 6.04 Å². The molecule has 0 aromatic heterocycles. The first-order valence-electron chi connectivity index (χ1n) is 6.21. The Bertz CT molecular complexity index is 219. The molecule has 1 N–H and O–H groups in total. The molecule has 1 aliphatic rings. The van der Waals surface area contributed by atoms with Crippen LogP contribution in [0.3, 0.4) is 0 Å². The van der Waals surface area contributed by atoms with Crippen LogP contribution < -0.4 is 5.32 Å². The molecule has 0 amide bonds. The van der Waals surface area contributed by atoms with E-state index in [1.54, 1.807) is 7.11 Å². The molecule has 1 rings (SSSR count). The molecule has 16 heavy (non-hydrogen) atoms. The van der Waals surface area contributed by atoms with E-state index < -0.39 is 0 Å². The van der Waals surface area contributed by atoms with Crippen LogP contribution in [0.2, 0.25) is 0 Å². The van der Waals surface area contributed by atoms with Gasteiger partial charge in [0.1, 0.15) is 0 Å². The van der Waals surface area contributed by atoms with Gasteiger partial charge in [-0.15, -0.1) is 0 Å². The molecule has 94 valence electrons. The Balaban J connectivity index is 2.32. The molecule has 0 heterocycles. The van der Waals surface area contributed by atoms with Crippen LogP contribution in [0.4, 0.5) is 0 Å². The molecular formula is C12H24N2OS. The third-order valence-electron chi connectivity index (χ3n) is 2.74. The van der Waals surface area contributed by atoms with E-state index in [0.717, 1.165) is 30.5 Å². The maximum absolute atomic E-state index is 5.44. The minimum Gasteiger partial charge on any atom is -0.383 e. The summed E-state index contributed by atoms with van der Waals surface area (Å²) >= 11 is 5.44. The van der Waals surface area contributed by atoms with E-state index in [1.807, 2.05) is 0 Å². The zero-order valence-electron chi connectivity index (χ0n) is 10.7. The van der Waals surface area contributed by atoms with E-state index in [9.17, 15) is 0 Å². The van der Waals surface area contributed by atoms with Crippen LogP contribution in [0.5, 0.6) is 0 Å². The largest absolute Gasteiger partial charge is 0.383 e. The smallest absolute Gasteiger partial charge is 0.169 e. The molecule has 0 radical (unpaired) electrons. The minimum absolute atomic E-state index is 0.288. The molecule has 1 aliphatic carbocycles. The summed E-state index contributed by atoms with van der Waals surface area (Å²) in [5.41, 5.74) is 0. The second kappa shape index (κ2) is 7.07. The van der Waals surface area contributed by atoms with E-state index in [4.69, 9.17) is 17.0 Å². The molecule has 0 aromatic carbocycles. The van der Waals surface area contributed by atoms with Gasteiger partial charge in [0.2, 0.25) is 0 Å². The highest BCUT2D eigenvalue weighted by Gasteiger charge is 2.25. The molecule has 0 bridgehead atoms. The van der Waals surface area contributed by atoms with Crippen LogP contribution in [0.25, 0.3) is 0 Å². The lowest BCUT2D eigenvalue weighted by atomic mass is 10.3. The summed E-state index contributed by atoms with van der Waals surface area (Å²) in [7, 11) is 1.72. The molecule has 0 aliphatic heterocycles. The third kappa shape index (κ3) is 5.12. The van der Waals surface area contributed by atoms with Crippen LogP contribution in [-0.4, -0.2) is 42.9 Å². The molecule has 4 heteroatoms. The van der Waals surface area contributed by atoms with Crippen molar-refractivity contribution in [3.05, 3.63) is 0 Å². The van der Waals surface area contributed by atoms with Crippen LogP contribution in [-0.2, 0) is 4.74 Å². The Kier molecular flexibility index (Phi) is 6.06. The van der Waals surface area contributed by atoms with Crippen molar-refractivity contribution in [2.45, 2.75) is 39.2 Å². The van der Waals surface area contributed by atoms with Gasteiger partial charge in [0, 0.05) is 26.2 Å². The fourth-order valence-corrected chi connectivity index (χ4v) is 2.12. The first kappa shape index (κ1) is 13.7. The van der Waals surface area contributed by atoms with Crippen LogP contribution in [0.1, 0.15) is 33.1 Å². The summed E-state index contributed by atoms with van der Waals surface area (Å²) in [5, 5.41) is 4.22. The number of ether oxygens (including phenoxy) is 1. The van der Waals surface area contributed by atoms with Crippen molar-refractivity contribution >= 4 is 17.3 Å². The number of thiocarbonyl (C=S) groups is 1. The average molecular weight is 244 g/mol. The number of hydrogen-bond acceptors (Lipinski definition) is 2. The number of hydrogen-bond donors (Lipinski definition) is 1. The topological polar surface area (TPSA) is 24.5 Å². The first-order chi connectivity index (χ1) is 7.67. The summed E-state index contributed by atoms with van der Waals surface area (Å²) in [4.78, 5) is 2.30. The zero-order chi connectivity index (χ0) is 12.0. The maximum Gasteiger partial charge on any atom is 0.169 e. The molecule has 1 unspecified atom stereocenters. The summed E-state index contributed by atoms with van der Waals surface area (Å²) < 4.78 is 5.10. The van der Waals surface area contributed by atoms with Crippen molar-refractivity contribution < 1.29 is 4.74 Å². The standard InChI is InChI=1S/C12H24N2OS/c1-4-7-14(8-11-5-6-11)12(16)13-10(2)9-15-3/h10-11H,4-9H2,1-3H3,(H,13,16). The summed E-state index contributed by atoms with van der Waals surface area (Å²) in [6.07, 6.45) is 3.89. The van der Waals surface area contributed by atoms with Gasteiger partial charge >= 0.3 is 0 Å². The van der Waals surface area contributed by atoms with Crippen LogP contribution in [0, 0.1) is 5.92 Å². The van der Waals surface area contributed by atoms with Crippen molar-refractivity contribution in [2.75, 3.05) is 26.8 Å². The summed E-state index contributed by atoms with van der Waals surface area (Å²) in [6.45, 7) is 7.17. The highest BCUT2D eigenvalue weighted by atomic mass is 32.1. The number of nitrogens with one attached hydrogen (secondary N) is 1. The van der Waals surface area contributed by atoms with Gasteiger partial charge in [0.25, 0.3) is 0 Å². The lowest BCUT2D eigenvalue weighted by molar-refractivity contribution is 0.177. The van der Waals surface area contributed by atoms with Gasteiger partial charge in [0.15, 0.2) is 5.11 Å². The minimum atomic E-state index is 0.288. The van der Waals surface area contributed by atoms with Crippen LogP contribution >= 0.6 is 12.2 Å². The lowest BCUT2D eigenvalue weighted by Gasteiger charge is -2.27. The van der Waals surface area contributed by atoms with Crippen molar-refractivity contribution in [3.8, 4) is 0 Å². The molecule has 1 fully saturated rings. The molecule has 0 aromatic rings. The van der Waals surface area contributed by atoms with Crippen molar-refractivity contribution in [1.29, 1.82) is 0 Å². The second-order valence-corrected chi connectivity index (χ2v) is 5.08. The Hall–Kier alpha value is -0.350. The summed E-state index contributed by atoms with van der Waals surface area (Å²) in [6, 6.07) is 0.288. The molecule has 1 saturated carbocycles. The fourth-order valence-electron chi connectivity index (χ4n) is 1.75. The van der Waals surface area contributed by atoms with Gasteiger partial charge in [0.05, 0.1) is 6.61 Å². The van der Waals surface area contributed by atoms with Gasteiger partial charge < -0.3 is 15.0 Å². The molecule has 1 atom stereocenters. The van der Waals surface area contributed by atoms with Gasteiger partial charge in [-0.2, -0.15) is 0 Å². The van der Waals surface area contributed by atoms with E-state index in [2.05, 4.69) is 24.1 Å². The molecule has 0 spiro atoms. The Morgan fingerprint density at radius 2 is 2.25 bits per heavy atom. The van der Waals surface area contributed by atoms with Gasteiger partial charge in [-0.05, 0) is 44.3 Å². The van der Waals surface area contributed by atoms with Crippen molar-refractivity contribution in [2.24, 2.45) is 5.92 Å². The Morgan fingerprint density at radius 3 is 2.75 bits per heavy atom.